The summed E-state index contributed by atoms with van der Waals surface area (Å²) < 4.78 is 5.53. The van der Waals surface area contributed by atoms with E-state index in [1.807, 2.05) is 61.5 Å². The molecule has 2 aromatic rings. The molecule has 1 N–H and O–H groups in total. The van der Waals surface area contributed by atoms with Gasteiger partial charge in [0.1, 0.15) is 5.75 Å². The van der Waals surface area contributed by atoms with Crippen molar-refractivity contribution in [1.29, 1.82) is 0 Å². The summed E-state index contributed by atoms with van der Waals surface area (Å²) in [6.45, 7) is 3.00. The first-order valence-corrected chi connectivity index (χ1v) is 7.01. The number of amides is 1. The van der Waals surface area contributed by atoms with Gasteiger partial charge in [0.05, 0.1) is 6.61 Å². The van der Waals surface area contributed by atoms with Crippen molar-refractivity contribution in [2.24, 2.45) is 0 Å². The van der Waals surface area contributed by atoms with Gasteiger partial charge in [-0.3, -0.25) is 4.79 Å². The minimum atomic E-state index is -0.120. The van der Waals surface area contributed by atoms with Crippen LogP contribution in [0, 0.1) is 0 Å². The van der Waals surface area contributed by atoms with Gasteiger partial charge in [-0.25, -0.2) is 0 Å². The zero-order valence-electron chi connectivity index (χ0n) is 12.1. The molecule has 3 heteroatoms. The van der Waals surface area contributed by atoms with Crippen molar-refractivity contribution >= 4 is 12.0 Å². The van der Waals surface area contributed by atoms with Gasteiger partial charge in [-0.05, 0) is 24.6 Å². The number of hydrogen-bond donors (Lipinski definition) is 1. The van der Waals surface area contributed by atoms with Crippen LogP contribution in [0.25, 0.3) is 6.08 Å². The summed E-state index contributed by atoms with van der Waals surface area (Å²) in [7, 11) is 0. The Hall–Kier alpha value is -2.55. The SMILES string of the molecule is CCOc1ccccc1CNC(=O)/C=C/c1ccccc1. The number of carbonyl (C=O) groups excluding carboxylic acids is 1. The van der Waals surface area contributed by atoms with E-state index in [4.69, 9.17) is 4.74 Å². The van der Waals surface area contributed by atoms with Crippen LogP contribution in [0.4, 0.5) is 0 Å². The predicted octanol–water partition coefficient (Wildman–Crippen LogP) is 3.41. The Kier molecular flexibility index (Phi) is 5.59. The van der Waals surface area contributed by atoms with Crippen molar-refractivity contribution < 1.29 is 9.53 Å². The second-order valence-electron chi connectivity index (χ2n) is 4.50. The van der Waals surface area contributed by atoms with Crippen LogP contribution in [-0.4, -0.2) is 12.5 Å². The normalized spacial score (nSPS) is 10.5. The largest absolute Gasteiger partial charge is 0.494 e. The van der Waals surface area contributed by atoms with Crippen LogP contribution in [0.5, 0.6) is 5.75 Å². The second-order valence-corrected chi connectivity index (χ2v) is 4.50. The molecule has 0 heterocycles. The van der Waals surface area contributed by atoms with E-state index in [9.17, 15) is 4.79 Å². The van der Waals surface area contributed by atoms with Gasteiger partial charge >= 0.3 is 0 Å². The molecule has 21 heavy (non-hydrogen) atoms. The maximum absolute atomic E-state index is 11.8. The standard InChI is InChI=1S/C18H19NO2/c1-2-21-17-11-7-6-10-16(17)14-19-18(20)13-12-15-8-4-3-5-9-15/h3-13H,2,14H2,1H3,(H,19,20)/b13-12+. The third kappa shape index (κ3) is 4.80. The summed E-state index contributed by atoms with van der Waals surface area (Å²) in [6.07, 6.45) is 3.34. The molecule has 0 atom stereocenters. The molecular weight excluding hydrogens is 262 g/mol. The Balaban J connectivity index is 1.91. The Morgan fingerprint density at radius 3 is 2.57 bits per heavy atom. The van der Waals surface area contributed by atoms with Gasteiger partial charge in [0.2, 0.25) is 5.91 Å². The first kappa shape index (κ1) is 14.9. The molecule has 0 fully saturated rings. The van der Waals surface area contributed by atoms with Gasteiger partial charge in [-0.15, -0.1) is 0 Å². The molecule has 0 unspecified atom stereocenters. The number of nitrogens with one attached hydrogen (secondary N) is 1. The first-order valence-electron chi connectivity index (χ1n) is 7.01. The summed E-state index contributed by atoms with van der Waals surface area (Å²) in [5.74, 6) is 0.692. The van der Waals surface area contributed by atoms with Crippen LogP contribution in [0.3, 0.4) is 0 Å². The predicted molar refractivity (Wildman–Crippen MR) is 84.9 cm³/mol. The summed E-state index contributed by atoms with van der Waals surface area (Å²) in [5, 5.41) is 2.86. The molecule has 2 rings (SSSR count). The Morgan fingerprint density at radius 1 is 1.10 bits per heavy atom. The highest BCUT2D eigenvalue weighted by molar-refractivity contribution is 5.91. The van der Waals surface area contributed by atoms with Crippen LogP contribution in [-0.2, 0) is 11.3 Å². The van der Waals surface area contributed by atoms with E-state index in [0.29, 0.717) is 13.2 Å². The highest BCUT2D eigenvalue weighted by atomic mass is 16.5. The lowest BCUT2D eigenvalue weighted by Crippen LogP contribution is -2.20. The summed E-state index contributed by atoms with van der Waals surface area (Å²) >= 11 is 0. The topological polar surface area (TPSA) is 38.3 Å². The molecule has 0 spiro atoms. The van der Waals surface area contributed by atoms with Gasteiger partial charge in [0.25, 0.3) is 0 Å². The lowest BCUT2D eigenvalue weighted by atomic mass is 10.2. The van der Waals surface area contributed by atoms with Gasteiger partial charge in [0.15, 0.2) is 0 Å². The molecular formula is C18H19NO2. The van der Waals surface area contributed by atoms with Gasteiger partial charge < -0.3 is 10.1 Å². The van der Waals surface area contributed by atoms with Crippen molar-refractivity contribution in [3.05, 3.63) is 71.8 Å². The average Bonchev–Trinajstić information content (AvgIpc) is 2.53. The second kappa shape index (κ2) is 7.90. The monoisotopic (exact) mass is 281 g/mol. The minimum Gasteiger partial charge on any atom is -0.494 e. The van der Waals surface area contributed by atoms with Crippen LogP contribution in [0.15, 0.2) is 60.7 Å². The Bertz CT molecular complexity index is 606. The van der Waals surface area contributed by atoms with Crippen molar-refractivity contribution in [1.82, 2.24) is 5.32 Å². The van der Waals surface area contributed by atoms with Crippen LogP contribution in [0.2, 0.25) is 0 Å². The third-order valence-electron chi connectivity index (χ3n) is 2.95. The molecule has 0 saturated heterocycles. The number of carbonyl (C=O) groups is 1. The maximum atomic E-state index is 11.8. The van der Waals surface area contributed by atoms with E-state index in [1.54, 1.807) is 12.2 Å². The summed E-state index contributed by atoms with van der Waals surface area (Å²) in [4.78, 5) is 11.8. The Morgan fingerprint density at radius 2 is 1.81 bits per heavy atom. The van der Waals surface area contributed by atoms with Gasteiger partial charge in [-0.1, -0.05) is 48.5 Å². The molecule has 0 aliphatic heterocycles. The van der Waals surface area contributed by atoms with E-state index < -0.39 is 0 Å². The molecule has 0 aliphatic carbocycles. The molecule has 3 nitrogen and oxygen atoms in total. The number of hydrogen-bond acceptors (Lipinski definition) is 2. The minimum absolute atomic E-state index is 0.120. The highest BCUT2D eigenvalue weighted by Gasteiger charge is 2.03. The fraction of sp³-hybridized carbons (Fsp3) is 0.167. The van der Waals surface area contributed by atoms with Crippen molar-refractivity contribution in [2.45, 2.75) is 13.5 Å². The molecule has 0 bridgehead atoms. The molecule has 0 aromatic heterocycles. The Labute approximate surface area is 125 Å². The quantitative estimate of drug-likeness (QED) is 0.824. The lowest BCUT2D eigenvalue weighted by molar-refractivity contribution is -0.116. The number of ether oxygens (including phenoxy) is 1. The average molecular weight is 281 g/mol. The van der Waals surface area contributed by atoms with Gasteiger partial charge in [-0.2, -0.15) is 0 Å². The molecule has 108 valence electrons. The molecule has 1 amide bonds. The summed E-state index contributed by atoms with van der Waals surface area (Å²) in [5.41, 5.74) is 1.98. The van der Waals surface area contributed by atoms with E-state index in [-0.39, 0.29) is 5.91 Å². The zero-order valence-corrected chi connectivity index (χ0v) is 12.1. The van der Waals surface area contributed by atoms with E-state index in [1.165, 1.54) is 0 Å². The molecule has 0 radical (unpaired) electrons. The maximum Gasteiger partial charge on any atom is 0.244 e. The van der Waals surface area contributed by atoms with Crippen LogP contribution < -0.4 is 10.1 Å². The number of benzene rings is 2. The lowest BCUT2D eigenvalue weighted by Gasteiger charge is -2.09. The first-order chi connectivity index (χ1) is 10.3. The molecule has 0 aliphatic rings. The van der Waals surface area contributed by atoms with Crippen molar-refractivity contribution in [2.75, 3.05) is 6.61 Å². The zero-order chi connectivity index (χ0) is 14.9. The highest BCUT2D eigenvalue weighted by Crippen LogP contribution is 2.17. The van der Waals surface area contributed by atoms with E-state index in [2.05, 4.69) is 5.32 Å². The number of para-hydroxylation sites is 1. The van der Waals surface area contributed by atoms with Crippen LogP contribution in [0.1, 0.15) is 18.1 Å². The molecule has 0 saturated carbocycles. The van der Waals surface area contributed by atoms with Gasteiger partial charge in [0, 0.05) is 18.2 Å². The smallest absolute Gasteiger partial charge is 0.244 e. The third-order valence-corrected chi connectivity index (χ3v) is 2.95. The summed E-state index contributed by atoms with van der Waals surface area (Å²) in [6, 6.07) is 17.4. The van der Waals surface area contributed by atoms with Crippen molar-refractivity contribution in [3.63, 3.8) is 0 Å². The van der Waals surface area contributed by atoms with Crippen molar-refractivity contribution in [3.8, 4) is 5.75 Å². The fourth-order valence-electron chi connectivity index (χ4n) is 1.92. The fourth-order valence-corrected chi connectivity index (χ4v) is 1.92. The van der Waals surface area contributed by atoms with Crippen LogP contribution >= 0.6 is 0 Å². The van der Waals surface area contributed by atoms with E-state index >= 15 is 0 Å². The number of rotatable bonds is 6. The molecule has 2 aromatic carbocycles. The van der Waals surface area contributed by atoms with E-state index in [0.717, 1.165) is 16.9 Å².